The number of carbonyl (C=O) groups is 2. The minimum absolute atomic E-state index is 0.226. The van der Waals surface area contributed by atoms with Crippen LogP contribution in [0.3, 0.4) is 0 Å². The van der Waals surface area contributed by atoms with Crippen LogP contribution in [0.2, 0.25) is 0 Å². The molecule has 0 saturated carbocycles. The summed E-state index contributed by atoms with van der Waals surface area (Å²) in [4.78, 5) is 24.6. The Balaban J connectivity index is 1.96. The molecule has 1 aliphatic rings. The monoisotopic (exact) mass is 446 g/mol. The van der Waals surface area contributed by atoms with Gasteiger partial charge in [0.2, 0.25) is 0 Å². The van der Waals surface area contributed by atoms with Gasteiger partial charge >= 0.3 is 11.9 Å². The highest BCUT2D eigenvalue weighted by atomic mass is 16.6. The van der Waals surface area contributed by atoms with Gasteiger partial charge in [-0.2, -0.15) is 0 Å². The standard InChI is InChI=1S/C30H38O3/c1-7-26(25-16-9-8-10-17-25)29(32)33-28(31)21-23(3)14-11-13-22(2)18-19-27-24(4)15-12-20-30(27,5)6/h8-11,13-14,16-19,21,26H,7,12,15,20H2,1-6H3/b14-11+,19-18+,22-13+,23-21+. The van der Waals surface area contributed by atoms with Gasteiger partial charge in [0.25, 0.3) is 0 Å². The third-order valence-corrected chi connectivity index (χ3v) is 6.22. The Hall–Kier alpha value is -2.94. The molecule has 0 radical (unpaired) electrons. The van der Waals surface area contributed by atoms with E-state index >= 15 is 0 Å². The lowest BCUT2D eigenvalue weighted by atomic mass is 9.72. The molecule has 3 heteroatoms. The van der Waals surface area contributed by atoms with Crippen LogP contribution >= 0.6 is 0 Å². The van der Waals surface area contributed by atoms with Crippen molar-refractivity contribution in [2.45, 2.75) is 73.1 Å². The van der Waals surface area contributed by atoms with Crippen LogP contribution in [0.5, 0.6) is 0 Å². The summed E-state index contributed by atoms with van der Waals surface area (Å²) >= 11 is 0. The van der Waals surface area contributed by atoms with Crippen LogP contribution in [0.15, 0.2) is 89.1 Å². The molecule has 0 N–H and O–H groups in total. The SMILES string of the molecule is CCC(C(=O)OC(=O)/C=C(C)/C=C/C=C(C)/C=C/C1=C(C)CCCC1(C)C)c1ccccc1. The topological polar surface area (TPSA) is 43.4 Å². The highest BCUT2D eigenvalue weighted by Gasteiger charge is 2.26. The summed E-state index contributed by atoms with van der Waals surface area (Å²) < 4.78 is 5.07. The van der Waals surface area contributed by atoms with E-state index < -0.39 is 17.9 Å². The maximum atomic E-state index is 12.4. The van der Waals surface area contributed by atoms with E-state index in [4.69, 9.17) is 4.74 Å². The lowest BCUT2D eigenvalue weighted by Crippen LogP contribution is -2.19. The van der Waals surface area contributed by atoms with Crippen molar-refractivity contribution in [1.29, 1.82) is 0 Å². The van der Waals surface area contributed by atoms with Gasteiger partial charge in [-0.1, -0.05) is 92.6 Å². The molecule has 1 aliphatic carbocycles. The average Bonchev–Trinajstić information content (AvgIpc) is 2.74. The van der Waals surface area contributed by atoms with Gasteiger partial charge in [0.1, 0.15) is 0 Å². The van der Waals surface area contributed by atoms with E-state index in [0.717, 1.165) is 16.7 Å². The van der Waals surface area contributed by atoms with Crippen LogP contribution in [0.25, 0.3) is 0 Å². The van der Waals surface area contributed by atoms with E-state index in [1.807, 2.05) is 62.4 Å². The van der Waals surface area contributed by atoms with Gasteiger partial charge in [-0.25, -0.2) is 4.79 Å². The van der Waals surface area contributed by atoms with Gasteiger partial charge in [0.15, 0.2) is 0 Å². The van der Waals surface area contributed by atoms with Crippen LogP contribution in [-0.4, -0.2) is 11.9 Å². The van der Waals surface area contributed by atoms with Gasteiger partial charge in [0, 0.05) is 6.08 Å². The quantitative estimate of drug-likeness (QED) is 0.177. The Labute approximate surface area is 199 Å². The summed E-state index contributed by atoms with van der Waals surface area (Å²) in [5, 5.41) is 0. The van der Waals surface area contributed by atoms with Gasteiger partial charge in [-0.3, -0.25) is 4.79 Å². The number of rotatable bonds is 8. The van der Waals surface area contributed by atoms with Gasteiger partial charge in [-0.05, 0) is 68.6 Å². The Morgan fingerprint density at radius 2 is 1.79 bits per heavy atom. The number of hydrogen-bond donors (Lipinski definition) is 0. The second-order valence-corrected chi connectivity index (χ2v) is 9.53. The maximum absolute atomic E-state index is 12.4. The molecule has 0 aromatic heterocycles. The lowest BCUT2D eigenvalue weighted by Gasteiger charge is -2.32. The zero-order chi connectivity index (χ0) is 24.4. The molecule has 1 aromatic rings. The molecular formula is C30H38O3. The zero-order valence-electron chi connectivity index (χ0n) is 21.0. The molecule has 3 nitrogen and oxygen atoms in total. The van der Waals surface area contributed by atoms with E-state index in [2.05, 4.69) is 39.8 Å². The summed E-state index contributed by atoms with van der Waals surface area (Å²) in [6.45, 7) is 12.6. The van der Waals surface area contributed by atoms with Gasteiger partial charge in [-0.15, -0.1) is 0 Å². The first kappa shape index (κ1) is 26.3. The predicted octanol–water partition coefficient (Wildman–Crippen LogP) is 7.78. The first-order valence-electron chi connectivity index (χ1n) is 11.9. The summed E-state index contributed by atoms with van der Waals surface area (Å²) in [6.07, 6.45) is 15.7. The fourth-order valence-corrected chi connectivity index (χ4v) is 4.29. The Kier molecular flexibility index (Phi) is 9.84. The number of benzene rings is 1. The molecule has 0 bridgehead atoms. The lowest BCUT2D eigenvalue weighted by molar-refractivity contribution is -0.157. The first-order valence-corrected chi connectivity index (χ1v) is 11.9. The molecule has 0 aliphatic heterocycles. The molecule has 1 atom stereocenters. The van der Waals surface area contributed by atoms with Crippen molar-refractivity contribution >= 4 is 11.9 Å². The molecule has 176 valence electrons. The third-order valence-electron chi connectivity index (χ3n) is 6.22. The maximum Gasteiger partial charge on any atom is 0.338 e. The number of esters is 2. The highest BCUT2D eigenvalue weighted by Crippen LogP contribution is 2.40. The minimum atomic E-state index is -0.640. The normalized spacial score (nSPS) is 18.1. The number of ether oxygens (including phenoxy) is 1. The molecule has 1 aromatic carbocycles. The molecule has 0 spiro atoms. The summed E-state index contributed by atoms with van der Waals surface area (Å²) in [5.74, 6) is -1.60. The van der Waals surface area contributed by atoms with Crippen LogP contribution in [0.4, 0.5) is 0 Å². The molecule has 0 heterocycles. The van der Waals surface area contributed by atoms with Crippen LogP contribution < -0.4 is 0 Å². The van der Waals surface area contributed by atoms with E-state index in [9.17, 15) is 9.59 Å². The second-order valence-electron chi connectivity index (χ2n) is 9.53. The Bertz CT molecular complexity index is 985. The number of allylic oxidation sites excluding steroid dienone is 9. The van der Waals surface area contributed by atoms with Crippen LogP contribution in [-0.2, 0) is 14.3 Å². The van der Waals surface area contributed by atoms with E-state index in [0.29, 0.717) is 6.42 Å². The van der Waals surface area contributed by atoms with Crippen molar-refractivity contribution in [3.63, 3.8) is 0 Å². The smallest absolute Gasteiger partial charge is 0.338 e. The molecule has 1 unspecified atom stereocenters. The molecule has 0 fully saturated rings. The van der Waals surface area contributed by atoms with Gasteiger partial charge < -0.3 is 4.74 Å². The number of hydrogen-bond acceptors (Lipinski definition) is 3. The zero-order valence-corrected chi connectivity index (χ0v) is 21.0. The molecule has 2 rings (SSSR count). The minimum Gasteiger partial charge on any atom is -0.389 e. The summed E-state index contributed by atoms with van der Waals surface area (Å²) in [5.41, 5.74) is 5.86. The highest BCUT2D eigenvalue weighted by molar-refractivity contribution is 5.95. The Morgan fingerprint density at radius 1 is 1.09 bits per heavy atom. The van der Waals surface area contributed by atoms with Crippen LogP contribution in [0, 0.1) is 5.41 Å². The van der Waals surface area contributed by atoms with Crippen molar-refractivity contribution in [2.75, 3.05) is 0 Å². The van der Waals surface area contributed by atoms with Gasteiger partial charge in [0.05, 0.1) is 5.92 Å². The molecule has 0 amide bonds. The van der Waals surface area contributed by atoms with E-state index in [1.165, 1.54) is 36.5 Å². The second kappa shape index (κ2) is 12.3. The first-order chi connectivity index (χ1) is 15.6. The summed E-state index contributed by atoms with van der Waals surface area (Å²) in [7, 11) is 0. The van der Waals surface area contributed by atoms with E-state index in [-0.39, 0.29) is 5.41 Å². The predicted molar refractivity (Wildman–Crippen MR) is 137 cm³/mol. The summed E-state index contributed by atoms with van der Waals surface area (Å²) in [6, 6.07) is 9.40. The van der Waals surface area contributed by atoms with Crippen molar-refractivity contribution in [2.24, 2.45) is 5.41 Å². The van der Waals surface area contributed by atoms with Crippen molar-refractivity contribution in [3.8, 4) is 0 Å². The fourth-order valence-electron chi connectivity index (χ4n) is 4.29. The van der Waals surface area contributed by atoms with Crippen LogP contribution in [0.1, 0.15) is 78.7 Å². The van der Waals surface area contributed by atoms with Crippen molar-refractivity contribution in [3.05, 3.63) is 94.6 Å². The van der Waals surface area contributed by atoms with Crippen molar-refractivity contribution in [1.82, 2.24) is 0 Å². The molecular weight excluding hydrogens is 408 g/mol. The third kappa shape index (κ3) is 8.16. The largest absolute Gasteiger partial charge is 0.389 e. The molecule has 33 heavy (non-hydrogen) atoms. The van der Waals surface area contributed by atoms with Crippen molar-refractivity contribution < 1.29 is 14.3 Å². The molecule has 0 saturated heterocycles. The average molecular weight is 447 g/mol. The van der Waals surface area contributed by atoms with E-state index in [1.54, 1.807) is 0 Å². The fraction of sp³-hybridized carbons (Fsp3) is 0.400. The number of carbonyl (C=O) groups excluding carboxylic acids is 2. The Morgan fingerprint density at radius 3 is 2.42 bits per heavy atom.